The molecule has 0 aliphatic heterocycles. The summed E-state index contributed by atoms with van der Waals surface area (Å²) >= 11 is 0. The van der Waals surface area contributed by atoms with Crippen LogP contribution in [0.4, 0.5) is 5.69 Å². The van der Waals surface area contributed by atoms with Crippen LogP contribution in [0.5, 0.6) is 17.4 Å². The fourth-order valence-corrected chi connectivity index (χ4v) is 3.66. The van der Waals surface area contributed by atoms with Crippen molar-refractivity contribution in [3.8, 4) is 17.4 Å². The molecule has 0 unspecified atom stereocenters. The van der Waals surface area contributed by atoms with E-state index in [9.17, 15) is 14.7 Å². The van der Waals surface area contributed by atoms with E-state index in [0.29, 0.717) is 11.6 Å². The number of anilines is 1. The van der Waals surface area contributed by atoms with Gasteiger partial charge in [0.05, 0.1) is 22.9 Å². The number of carboxylic acids is 1. The first-order valence-corrected chi connectivity index (χ1v) is 11.4. The largest absolute Gasteiger partial charge is 0.490 e. The zero-order chi connectivity index (χ0) is 24.8. The van der Waals surface area contributed by atoms with Gasteiger partial charge in [0.2, 0.25) is 5.88 Å². The lowest BCUT2D eigenvalue weighted by Crippen LogP contribution is -2.15. The number of ether oxygens (including phenoxy) is 2. The third-order valence-corrected chi connectivity index (χ3v) is 5.62. The van der Waals surface area contributed by atoms with Crippen molar-refractivity contribution >= 4 is 28.3 Å². The molecule has 1 amide bonds. The number of benzene rings is 3. The van der Waals surface area contributed by atoms with Crippen LogP contribution in [-0.4, -0.2) is 28.1 Å². The minimum Gasteiger partial charge on any atom is -0.490 e. The van der Waals surface area contributed by atoms with E-state index in [1.807, 2.05) is 36.4 Å². The lowest BCUT2D eigenvalue weighted by atomic mass is 10.1. The van der Waals surface area contributed by atoms with Crippen LogP contribution < -0.4 is 14.8 Å². The summed E-state index contributed by atoms with van der Waals surface area (Å²) in [7, 11) is 0. The highest BCUT2D eigenvalue weighted by atomic mass is 16.5. The van der Waals surface area contributed by atoms with Crippen LogP contribution in [0.15, 0.2) is 79.0 Å². The van der Waals surface area contributed by atoms with Crippen LogP contribution in [0.2, 0.25) is 0 Å². The Morgan fingerprint density at radius 3 is 2.26 bits per heavy atom. The van der Waals surface area contributed by atoms with Crippen LogP contribution >= 0.6 is 0 Å². The van der Waals surface area contributed by atoms with Crippen molar-refractivity contribution in [2.24, 2.45) is 0 Å². The van der Waals surface area contributed by atoms with Gasteiger partial charge in [0, 0.05) is 12.3 Å². The molecule has 2 N–H and O–H groups in total. The van der Waals surface area contributed by atoms with E-state index in [2.05, 4.69) is 24.1 Å². The van der Waals surface area contributed by atoms with E-state index in [1.54, 1.807) is 24.3 Å². The first-order chi connectivity index (χ1) is 17.0. The average molecular weight is 471 g/mol. The maximum absolute atomic E-state index is 12.5. The normalized spacial score (nSPS) is 10.8. The Kier molecular flexibility index (Phi) is 7.26. The molecule has 0 saturated heterocycles. The third-order valence-electron chi connectivity index (χ3n) is 5.62. The summed E-state index contributed by atoms with van der Waals surface area (Å²) in [4.78, 5) is 28.1. The Labute approximate surface area is 203 Å². The molecule has 1 aromatic heterocycles. The van der Waals surface area contributed by atoms with Crippen molar-refractivity contribution in [1.82, 2.24) is 4.98 Å². The van der Waals surface area contributed by atoms with E-state index in [1.165, 1.54) is 18.3 Å². The van der Waals surface area contributed by atoms with Crippen molar-refractivity contribution in [1.29, 1.82) is 0 Å². The van der Waals surface area contributed by atoms with E-state index in [-0.39, 0.29) is 22.9 Å². The van der Waals surface area contributed by atoms with Crippen LogP contribution in [0.25, 0.3) is 10.8 Å². The number of carbonyl (C=O) groups excluding carboxylic acids is 1. The van der Waals surface area contributed by atoms with Crippen LogP contribution in [-0.2, 0) is 0 Å². The maximum atomic E-state index is 12.5. The molecule has 4 rings (SSSR count). The first-order valence-electron chi connectivity index (χ1n) is 11.4. The number of carboxylic acid groups (broad SMARTS) is 1. The number of nitrogens with zero attached hydrogens (tertiary/aromatic N) is 1. The maximum Gasteiger partial charge on any atom is 0.337 e. The number of amides is 1. The minimum atomic E-state index is -1.12. The molecule has 0 spiro atoms. The standard InChI is InChI=1S/C28H26N2O5/c1-3-21(4-2)34-22-12-9-19-16-23(13-10-18(19)15-22)35-26-14-11-20(17-29-26)27(31)30-25-8-6-5-7-24(25)28(32)33/h5-17,21H,3-4H2,1-2H3,(H,30,31)(H,32,33). The Morgan fingerprint density at radius 1 is 0.914 bits per heavy atom. The molecule has 178 valence electrons. The number of fused-ring (bicyclic) bond motifs is 1. The fourth-order valence-electron chi connectivity index (χ4n) is 3.66. The monoisotopic (exact) mass is 470 g/mol. The van der Waals surface area contributed by atoms with Crippen molar-refractivity contribution in [3.05, 3.63) is 90.1 Å². The molecule has 3 aromatic carbocycles. The summed E-state index contributed by atoms with van der Waals surface area (Å²) in [5, 5.41) is 13.9. The third kappa shape index (κ3) is 5.76. The summed E-state index contributed by atoms with van der Waals surface area (Å²) in [5.41, 5.74) is 0.510. The molecule has 0 radical (unpaired) electrons. The van der Waals surface area contributed by atoms with Gasteiger partial charge in [0.1, 0.15) is 11.5 Å². The number of hydrogen-bond donors (Lipinski definition) is 2. The van der Waals surface area contributed by atoms with E-state index in [4.69, 9.17) is 9.47 Å². The van der Waals surface area contributed by atoms with Gasteiger partial charge < -0.3 is 19.9 Å². The number of aromatic nitrogens is 1. The van der Waals surface area contributed by atoms with E-state index < -0.39 is 11.9 Å². The van der Waals surface area contributed by atoms with Crippen LogP contribution in [0.3, 0.4) is 0 Å². The van der Waals surface area contributed by atoms with Gasteiger partial charge in [-0.15, -0.1) is 0 Å². The Morgan fingerprint density at radius 2 is 1.60 bits per heavy atom. The summed E-state index contributed by atoms with van der Waals surface area (Å²) < 4.78 is 11.9. The molecule has 4 aromatic rings. The zero-order valence-corrected chi connectivity index (χ0v) is 19.5. The molecule has 7 nitrogen and oxygen atoms in total. The highest BCUT2D eigenvalue weighted by Crippen LogP contribution is 2.28. The number of para-hydroxylation sites is 1. The summed E-state index contributed by atoms with van der Waals surface area (Å²) in [6.45, 7) is 4.23. The Hall–Kier alpha value is -4.39. The molecular weight excluding hydrogens is 444 g/mol. The van der Waals surface area contributed by atoms with Gasteiger partial charge in [0.25, 0.3) is 5.91 Å². The average Bonchev–Trinajstić information content (AvgIpc) is 2.88. The second-order valence-corrected chi connectivity index (χ2v) is 8.02. The summed E-state index contributed by atoms with van der Waals surface area (Å²) in [5.74, 6) is 0.219. The van der Waals surface area contributed by atoms with Gasteiger partial charge in [-0.3, -0.25) is 4.79 Å². The lowest BCUT2D eigenvalue weighted by Gasteiger charge is -2.16. The lowest BCUT2D eigenvalue weighted by molar-refractivity contribution is 0.0698. The second kappa shape index (κ2) is 10.7. The molecular formula is C28H26N2O5. The molecule has 35 heavy (non-hydrogen) atoms. The number of nitrogens with one attached hydrogen (secondary N) is 1. The Bertz CT molecular complexity index is 1350. The fraction of sp³-hybridized carbons (Fsp3) is 0.179. The highest BCUT2D eigenvalue weighted by molar-refractivity contribution is 6.07. The number of pyridine rings is 1. The molecule has 0 atom stereocenters. The van der Waals surface area contributed by atoms with Crippen LogP contribution in [0.1, 0.15) is 47.4 Å². The first kappa shape index (κ1) is 23.8. The van der Waals surface area contributed by atoms with Gasteiger partial charge in [-0.1, -0.05) is 38.1 Å². The van der Waals surface area contributed by atoms with Gasteiger partial charge >= 0.3 is 5.97 Å². The van der Waals surface area contributed by atoms with Crippen molar-refractivity contribution in [3.63, 3.8) is 0 Å². The molecule has 7 heteroatoms. The Balaban J connectivity index is 1.44. The van der Waals surface area contributed by atoms with Gasteiger partial charge in [-0.25, -0.2) is 9.78 Å². The predicted octanol–water partition coefficient (Wildman–Crippen LogP) is 6.55. The van der Waals surface area contributed by atoms with Gasteiger partial charge in [-0.2, -0.15) is 0 Å². The summed E-state index contributed by atoms with van der Waals surface area (Å²) in [6, 6.07) is 21.1. The minimum absolute atomic E-state index is 0.0132. The van der Waals surface area contributed by atoms with Crippen molar-refractivity contribution in [2.75, 3.05) is 5.32 Å². The molecule has 0 aliphatic rings. The highest BCUT2D eigenvalue weighted by Gasteiger charge is 2.14. The summed E-state index contributed by atoms with van der Waals surface area (Å²) in [6.07, 6.45) is 3.52. The smallest absolute Gasteiger partial charge is 0.337 e. The number of aromatic carboxylic acids is 1. The van der Waals surface area contributed by atoms with Crippen molar-refractivity contribution in [2.45, 2.75) is 32.8 Å². The van der Waals surface area contributed by atoms with Gasteiger partial charge in [0.15, 0.2) is 0 Å². The molecule has 0 saturated carbocycles. The topological polar surface area (TPSA) is 97.8 Å². The van der Waals surface area contributed by atoms with Gasteiger partial charge in [-0.05, 0) is 66.1 Å². The second-order valence-electron chi connectivity index (χ2n) is 8.02. The molecule has 0 bridgehead atoms. The number of carbonyl (C=O) groups is 2. The zero-order valence-electron chi connectivity index (χ0n) is 19.5. The number of hydrogen-bond acceptors (Lipinski definition) is 5. The predicted molar refractivity (Wildman–Crippen MR) is 135 cm³/mol. The molecule has 0 aliphatic carbocycles. The van der Waals surface area contributed by atoms with Crippen molar-refractivity contribution < 1.29 is 24.2 Å². The van der Waals surface area contributed by atoms with E-state index in [0.717, 1.165) is 29.4 Å². The van der Waals surface area contributed by atoms with Crippen LogP contribution in [0, 0.1) is 0 Å². The molecule has 1 heterocycles. The quantitative estimate of drug-likeness (QED) is 0.288. The number of rotatable bonds is 9. The SMILES string of the molecule is CCC(CC)Oc1ccc2cc(Oc3ccc(C(=O)Nc4ccccc4C(=O)O)cn3)ccc2c1. The van der Waals surface area contributed by atoms with E-state index >= 15 is 0 Å². The molecule has 0 fully saturated rings.